The summed E-state index contributed by atoms with van der Waals surface area (Å²) in [4.78, 5) is 2.30. The Morgan fingerprint density at radius 1 is 1.40 bits per heavy atom. The number of sulfonamides is 1. The fraction of sp³-hybridized carbons (Fsp3) is 0.556. The van der Waals surface area contributed by atoms with Crippen LogP contribution in [0.1, 0.15) is 16.7 Å². The number of hydrogen-bond donors (Lipinski definition) is 1. The van der Waals surface area contributed by atoms with E-state index < -0.39 is 10.0 Å². The molecule has 1 heterocycles. The molecule has 15 heavy (non-hydrogen) atoms. The lowest BCUT2D eigenvalue weighted by atomic mass is 10.4. The van der Waals surface area contributed by atoms with Crippen molar-refractivity contribution in [2.45, 2.75) is 19.9 Å². The summed E-state index contributed by atoms with van der Waals surface area (Å²) in [6.45, 7) is 2.44. The van der Waals surface area contributed by atoms with E-state index in [9.17, 15) is 8.42 Å². The summed E-state index contributed by atoms with van der Waals surface area (Å²) in [5.41, 5.74) is 0. The van der Waals surface area contributed by atoms with Crippen LogP contribution in [0, 0.1) is 0 Å². The molecule has 0 radical (unpaired) electrons. The predicted octanol–water partition coefficient (Wildman–Crippen LogP) is 1.97. The number of aryl methyl sites for hydroxylation is 1. The standard InChI is InChI=1S/C9H14ClNO2S2/c1-2-8-3-4-9(14-8)7-11-15(12,13)6-5-10/h3-4,11H,2,5-7H2,1H3. The van der Waals surface area contributed by atoms with Gasteiger partial charge in [0.2, 0.25) is 10.0 Å². The largest absolute Gasteiger partial charge is 0.213 e. The molecule has 0 saturated carbocycles. The van der Waals surface area contributed by atoms with E-state index in [0.29, 0.717) is 6.54 Å². The first kappa shape index (κ1) is 13.0. The van der Waals surface area contributed by atoms with Gasteiger partial charge >= 0.3 is 0 Å². The van der Waals surface area contributed by atoms with E-state index in [2.05, 4.69) is 11.6 Å². The third-order valence-corrected chi connectivity index (χ3v) is 4.85. The first-order chi connectivity index (χ1) is 7.07. The zero-order chi connectivity index (χ0) is 11.3. The van der Waals surface area contributed by atoms with Crippen molar-refractivity contribution in [1.82, 2.24) is 4.72 Å². The molecule has 3 nitrogen and oxygen atoms in total. The van der Waals surface area contributed by atoms with Crippen molar-refractivity contribution in [3.05, 3.63) is 21.9 Å². The van der Waals surface area contributed by atoms with Gasteiger partial charge in [-0.05, 0) is 18.6 Å². The summed E-state index contributed by atoms with van der Waals surface area (Å²) in [7, 11) is -3.20. The third kappa shape index (κ3) is 4.51. The van der Waals surface area contributed by atoms with Crippen LogP contribution in [0.3, 0.4) is 0 Å². The summed E-state index contributed by atoms with van der Waals surface area (Å²) in [6, 6.07) is 3.97. The second-order valence-electron chi connectivity index (χ2n) is 3.05. The fourth-order valence-corrected chi connectivity index (χ4v) is 3.38. The molecule has 1 aromatic heterocycles. The van der Waals surface area contributed by atoms with E-state index in [1.54, 1.807) is 11.3 Å². The normalized spacial score (nSPS) is 11.9. The quantitative estimate of drug-likeness (QED) is 0.801. The van der Waals surface area contributed by atoms with E-state index in [4.69, 9.17) is 11.6 Å². The summed E-state index contributed by atoms with van der Waals surface area (Å²) < 4.78 is 25.1. The van der Waals surface area contributed by atoms with E-state index in [1.165, 1.54) is 4.88 Å². The Bertz CT molecular complexity index is 400. The van der Waals surface area contributed by atoms with Crippen molar-refractivity contribution < 1.29 is 8.42 Å². The van der Waals surface area contributed by atoms with Crippen LogP contribution in [0.15, 0.2) is 12.1 Å². The van der Waals surface area contributed by atoms with Crippen LogP contribution in [0.5, 0.6) is 0 Å². The number of halogens is 1. The third-order valence-electron chi connectivity index (χ3n) is 1.88. The van der Waals surface area contributed by atoms with Gasteiger partial charge in [-0.15, -0.1) is 22.9 Å². The van der Waals surface area contributed by atoms with E-state index in [1.807, 2.05) is 12.1 Å². The molecule has 0 spiro atoms. The maximum Gasteiger partial charge on any atom is 0.213 e. The summed E-state index contributed by atoms with van der Waals surface area (Å²) in [5, 5.41) is 0. The lowest BCUT2D eigenvalue weighted by Crippen LogP contribution is -2.26. The Morgan fingerprint density at radius 2 is 2.07 bits per heavy atom. The van der Waals surface area contributed by atoms with Crippen molar-refractivity contribution in [3.8, 4) is 0 Å². The summed E-state index contributed by atoms with van der Waals surface area (Å²) in [5.74, 6) is 0.0978. The minimum atomic E-state index is -3.20. The molecule has 0 aromatic carbocycles. The topological polar surface area (TPSA) is 46.2 Å². The number of rotatable bonds is 6. The molecule has 6 heteroatoms. The molecule has 0 aliphatic heterocycles. The smallest absolute Gasteiger partial charge is 0.212 e. The number of alkyl halides is 1. The molecule has 0 atom stereocenters. The van der Waals surface area contributed by atoms with Crippen molar-refractivity contribution in [2.24, 2.45) is 0 Å². The van der Waals surface area contributed by atoms with Crippen LogP contribution in [-0.4, -0.2) is 20.1 Å². The van der Waals surface area contributed by atoms with Gasteiger partial charge in [0, 0.05) is 22.2 Å². The Morgan fingerprint density at radius 3 is 2.60 bits per heavy atom. The highest BCUT2D eigenvalue weighted by molar-refractivity contribution is 7.89. The van der Waals surface area contributed by atoms with Crippen LogP contribution in [0.25, 0.3) is 0 Å². The highest BCUT2D eigenvalue weighted by Gasteiger charge is 2.09. The lowest BCUT2D eigenvalue weighted by molar-refractivity contribution is 0.583. The Balaban J connectivity index is 2.50. The van der Waals surface area contributed by atoms with Crippen LogP contribution in [0.4, 0.5) is 0 Å². The van der Waals surface area contributed by atoms with Crippen LogP contribution < -0.4 is 4.72 Å². The first-order valence-electron chi connectivity index (χ1n) is 4.68. The molecule has 1 N–H and O–H groups in total. The van der Waals surface area contributed by atoms with Gasteiger partial charge in [-0.3, -0.25) is 0 Å². The average Bonchev–Trinajstić information content (AvgIpc) is 2.62. The molecule has 0 aliphatic carbocycles. The van der Waals surface area contributed by atoms with Gasteiger partial charge in [-0.2, -0.15) is 0 Å². The fourth-order valence-electron chi connectivity index (χ4n) is 1.06. The monoisotopic (exact) mass is 267 g/mol. The van der Waals surface area contributed by atoms with Crippen molar-refractivity contribution >= 4 is 33.0 Å². The van der Waals surface area contributed by atoms with Gasteiger partial charge in [0.25, 0.3) is 0 Å². The molecule has 0 amide bonds. The molecule has 0 fully saturated rings. The van der Waals surface area contributed by atoms with Crippen molar-refractivity contribution in [1.29, 1.82) is 0 Å². The maximum absolute atomic E-state index is 11.3. The highest BCUT2D eigenvalue weighted by Crippen LogP contribution is 2.16. The van der Waals surface area contributed by atoms with E-state index >= 15 is 0 Å². The molecule has 0 unspecified atom stereocenters. The van der Waals surface area contributed by atoms with E-state index in [-0.39, 0.29) is 11.6 Å². The van der Waals surface area contributed by atoms with Gasteiger partial charge in [-0.25, -0.2) is 13.1 Å². The molecular formula is C9H14ClNO2S2. The predicted molar refractivity (Wildman–Crippen MR) is 65.0 cm³/mol. The Hall–Kier alpha value is -0.100. The summed E-state index contributed by atoms with van der Waals surface area (Å²) in [6.07, 6.45) is 0.985. The molecule has 0 saturated heterocycles. The van der Waals surface area contributed by atoms with Gasteiger partial charge in [-0.1, -0.05) is 6.92 Å². The second-order valence-corrected chi connectivity index (χ2v) is 6.61. The first-order valence-corrected chi connectivity index (χ1v) is 7.68. The van der Waals surface area contributed by atoms with Gasteiger partial charge in [0.1, 0.15) is 0 Å². The van der Waals surface area contributed by atoms with Crippen LogP contribution in [0.2, 0.25) is 0 Å². The Kier molecular flexibility index (Phi) is 5.05. The zero-order valence-corrected chi connectivity index (χ0v) is 10.9. The van der Waals surface area contributed by atoms with Crippen LogP contribution >= 0.6 is 22.9 Å². The Labute approximate surface area is 99.5 Å². The van der Waals surface area contributed by atoms with Crippen LogP contribution in [-0.2, 0) is 23.0 Å². The minimum Gasteiger partial charge on any atom is -0.212 e. The van der Waals surface area contributed by atoms with Crippen molar-refractivity contribution in [3.63, 3.8) is 0 Å². The molecule has 1 rings (SSSR count). The number of hydrogen-bond acceptors (Lipinski definition) is 3. The zero-order valence-electron chi connectivity index (χ0n) is 8.49. The number of nitrogens with one attached hydrogen (secondary N) is 1. The highest BCUT2D eigenvalue weighted by atomic mass is 35.5. The minimum absolute atomic E-state index is 0.0272. The maximum atomic E-state index is 11.3. The van der Waals surface area contributed by atoms with E-state index in [0.717, 1.165) is 11.3 Å². The molecule has 1 aromatic rings. The number of thiophene rings is 1. The molecule has 0 aliphatic rings. The lowest BCUT2D eigenvalue weighted by Gasteiger charge is -2.02. The van der Waals surface area contributed by atoms with Gasteiger partial charge in [0.15, 0.2) is 0 Å². The molecule has 86 valence electrons. The van der Waals surface area contributed by atoms with Gasteiger partial charge < -0.3 is 0 Å². The SMILES string of the molecule is CCc1ccc(CNS(=O)(=O)CCCl)s1. The molecule has 0 bridgehead atoms. The summed E-state index contributed by atoms with van der Waals surface area (Å²) >= 11 is 7.01. The van der Waals surface area contributed by atoms with Crippen molar-refractivity contribution in [2.75, 3.05) is 11.6 Å². The average molecular weight is 268 g/mol. The second kappa shape index (κ2) is 5.84. The molecular weight excluding hydrogens is 254 g/mol. The van der Waals surface area contributed by atoms with Gasteiger partial charge in [0.05, 0.1) is 5.75 Å².